The summed E-state index contributed by atoms with van der Waals surface area (Å²) in [5.41, 5.74) is 0.497. The Labute approximate surface area is 182 Å². The van der Waals surface area contributed by atoms with E-state index in [2.05, 4.69) is 38.8 Å². The highest BCUT2D eigenvalue weighted by molar-refractivity contribution is 6.74. The van der Waals surface area contributed by atoms with E-state index in [1.807, 2.05) is 13.8 Å². The number of nitrogens with zero attached hydrogens (tertiary/aromatic N) is 3. The SMILES string of the molecule is CC1(C)O[C@@H]2[C@H](O1)[C@@H](CO[Si](C)(C)C(C)(C)C)O[C@H]2n1ccc2c([N+](=O)[O-])ccnc21. The Morgan fingerprint density at radius 2 is 1.94 bits per heavy atom. The molecule has 0 bridgehead atoms. The highest BCUT2D eigenvalue weighted by Crippen LogP contribution is 2.45. The monoisotopic (exact) mass is 449 g/mol. The van der Waals surface area contributed by atoms with E-state index in [-0.39, 0.29) is 29.0 Å². The van der Waals surface area contributed by atoms with E-state index < -0.39 is 25.3 Å². The molecule has 2 aliphatic rings. The van der Waals surface area contributed by atoms with Crippen LogP contribution in [0.1, 0.15) is 40.8 Å². The molecule has 0 saturated carbocycles. The van der Waals surface area contributed by atoms with Crippen LogP contribution < -0.4 is 0 Å². The molecule has 2 aromatic heterocycles. The van der Waals surface area contributed by atoms with E-state index in [1.54, 1.807) is 16.8 Å². The lowest BCUT2D eigenvalue weighted by molar-refractivity contribution is -0.383. The predicted molar refractivity (Wildman–Crippen MR) is 117 cm³/mol. The predicted octanol–water partition coefficient (Wildman–Crippen LogP) is 4.38. The summed E-state index contributed by atoms with van der Waals surface area (Å²) in [7, 11) is -1.97. The molecule has 2 fully saturated rings. The van der Waals surface area contributed by atoms with Crippen LogP contribution in [0.4, 0.5) is 5.69 Å². The number of aromatic nitrogens is 2. The maximum absolute atomic E-state index is 11.4. The van der Waals surface area contributed by atoms with E-state index in [1.165, 1.54) is 12.3 Å². The number of fused-ring (bicyclic) bond motifs is 2. The molecule has 2 aliphatic heterocycles. The van der Waals surface area contributed by atoms with Gasteiger partial charge in [-0.3, -0.25) is 10.1 Å². The van der Waals surface area contributed by atoms with Crippen molar-refractivity contribution in [2.45, 2.75) is 83.1 Å². The molecular weight excluding hydrogens is 418 g/mol. The highest BCUT2D eigenvalue weighted by atomic mass is 28.4. The van der Waals surface area contributed by atoms with Gasteiger partial charge in [0.15, 0.2) is 20.3 Å². The molecule has 0 aliphatic carbocycles. The lowest BCUT2D eigenvalue weighted by Gasteiger charge is -2.37. The molecule has 31 heavy (non-hydrogen) atoms. The molecule has 0 amide bonds. The summed E-state index contributed by atoms with van der Waals surface area (Å²) >= 11 is 0. The van der Waals surface area contributed by atoms with Gasteiger partial charge in [-0.15, -0.1) is 0 Å². The number of hydrogen-bond donors (Lipinski definition) is 0. The van der Waals surface area contributed by atoms with Crippen LogP contribution in [-0.4, -0.2) is 53.5 Å². The molecule has 0 radical (unpaired) electrons. The second-order valence-corrected chi connectivity index (χ2v) is 15.1. The third-order valence-electron chi connectivity index (χ3n) is 6.60. The zero-order chi connectivity index (χ0) is 22.8. The molecule has 170 valence electrons. The van der Waals surface area contributed by atoms with Gasteiger partial charge >= 0.3 is 0 Å². The first-order valence-electron chi connectivity index (χ1n) is 10.6. The minimum Gasteiger partial charge on any atom is -0.414 e. The Morgan fingerprint density at radius 3 is 2.58 bits per heavy atom. The van der Waals surface area contributed by atoms with Gasteiger partial charge in [-0.25, -0.2) is 4.98 Å². The van der Waals surface area contributed by atoms with Crippen LogP contribution in [0.5, 0.6) is 0 Å². The lowest BCUT2D eigenvalue weighted by atomic mass is 10.1. The van der Waals surface area contributed by atoms with Crippen LogP contribution in [0, 0.1) is 10.1 Å². The van der Waals surface area contributed by atoms with Gasteiger partial charge in [0.1, 0.15) is 24.0 Å². The van der Waals surface area contributed by atoms with Crippen LogP contribution in [0.25, 0.3) is 11.0 Å². The third-order valence-corrected chi connectivity index (χ3v) is 11.1. The number of ether oxygens (including phenoxy) is 3. The largest absolute Gasteiger partial charge is 0.414 e. The maximum Gasteiger partial charge on any atom is 0.281 e. The van der Waals surface area contributed by atoms with Crippen molar-refractivity contribution in [1.29, 1.82) is 0 Å². The van der Waals surface area contributed by atoms with Gasteiger partial charge in [0, 0.05) is 18.5 Å². The molecule has 2 saturated heterocycles. The fraction of sp³-hybridized carbons (Fsp3) is 0.667. The maximum atomic E-state index is 11.4. The molecule has 10 heteroatoms. The summed E-state index contributed by atoms with van der Waals surface area (Å²) in [4.78, 5) is 15.4. The summed E-state index contributed by atoms with van der Waals surface area (Å²) in [6, 6.07) is 3.10. The molecule has 2 aromatic rings. The first kappa shape index (κ1) is 22.3. The minimum absolute atomic E-state index is 0.0139. The molecular formula is C21H31N3O6Si. The van der Waals surface area contributed by atoms with E-state index in [9.17, 15) is 10.1 Å². The third kappa shape index (κ3) is 3.91. The van der Waals surface area contributed by atoms with Crippen molar-refractivity contribution in [3.8, 4) is 0 Å². The molecule has 4 atom stereocenters. The second-order valence-electron chi connectivity index (χ2n) is 10.2. The standard InChI is InChI=1S/C21H31N3O6Si/c1-20(2,3)31(6,7)27-12-15-16-17(30-21(4,5)29-16)19(28-15)23-11-9-13-14(24(25)26)8-10-22-18(13)23/h8-11,15-17,19H,12H2,1-7H3/t15-,16-,17-,19-/m1/s1. The summed E-state index contributed by atoms with van der Waals surface area (Å²) in [6.45, 7) is 15.2. The van der Waals surface area contributed by atoms with E-state index in [0.717, 1.165) is 0 Å². The van der Waals surface area contributed by atoms with Gasteiger partial charge in [-0.1, -0.05) is 20.8 Å². The Balaban J connectivity index is 1.64. The summed E-state index contributed by atoms with van der Waals surface area (Å²) in [5, 5.41) is 11.9. The molecule has 0 N–H and O–H groups in total. The quantitative estimate of drug-likeness (QED) is 0.379. The Hall–Kier alpha value is -1.85. The number of hydrogen-bond acceptors (Lipinski definition) is 7. The molecule has 9 nitrogen and oxygen atoms in total. The number of nitro groups is 1. The van der Waals surface area contributed by atoms with Crippen LogP contribution in [-0.2, 0) is 18.6 Å². The Bertz CT molecular complexity index is 999. The summed E-state index contributed by atoms with van der Waals surface area (Å²) < 4.78 is 27.0. The molecule has 0 aromatic carbocycles. The smallest absolute Gasteiger partial charge is 0.281 e. The molecule has 0 unspecified atom stereocenters. The van der Waals surface area contributed by atoms with Crippen molar-refractivity contribution in [2.24, 2.45) is 0 Å². The van der Waals surface area contributed by atoms with Crippen molar-refractivity contribution in [3.05, 3.63) is 34.6 Å². The van der Waals surface area contributed by atoms with Crippen LogP contribution in [0.15, 0.2) is 24.5 Å². The summed E-state index contributed by atoms with van der Waals surface area (Å²) in [5.74, 6) is -0.755. The minimum atomic E-state index is -1.97. The van der Waals surface area contributed by atoms with Crippen molar-refractivity contribution in [2.75, 3.05) is 6.61 Å². The van der Waals surface area contributed by atoms with Gasteiger partial charge in [-0.2, -0.15) is 0 Å². The van der Waals surface area contributed by atoms with Gasteiger partial charge in [0.05, 0.1) is 16.9 Å². The zero-order valence-corrected chi connectivity index (χ0v) is 20.1. The number of pyridine rings is 1. The van der Waals surface area contributed by atoms with Crippen LogP contribution in [0.2, 0.25) is 18.1 Å². The van der Waals surface area contributed by atoms with Crippen molar-refractivity contribution < 1.29 is 23.6 Å². The second kappa shape index (κ2) is 7.34. The highest BCUT2D eigenvalue weighted by Gasteiger charge is 2.56. The van der Waals surface area contributed by atoms with Gasteiger partial charge in [0.2, 0.25) is 0 Å². The average molecular weight is 450 g/mol. The first-order chi connectivity index (χ1) is 14.3. The summed E-state index contributed by atoms with van der Waals surface area (Å²) in [6.07, 6.45) is 1.68. The molecule has 4 heterocycles. The zero-order valence-electron chi connectivity index (χ0n) is 19.1. The van der Waals surface area contributed by atoms with E-state index >= 15 is 0 Å². The van der Waals surface area contributed by atoms with Gasteiger partial charge in [-0.05, 0) is 38.0 Å². The normalized spacial score (nSPS) is 28.2. The lowest BCUT2D eigenvalue weighted by Crippen LogP contribution is -2.44. The van der Waals surface area contributed by atoms with Gasteiger partial charge in [0.25, 0.3) is 5.69 Å². The van der Waals surface area contributed by atoms with Crippen LogP contribution >= 0.6 is 0 Å². The topological polar surface area (TPSA) is 97.9 Å². The van der Waals surface area contributed by atoms with Crippen molar-refractivity contribution in [3.63, 3.8) is 0 Å². The average Bonchev–Trinajstić information content (AvgIpc) is 3.29. The van der Waals surface area contributed by atoms with E-state index in [4.69, 9.17) is 18.6 Å². The first-order valence-corrected chi connectivity index (χ1v) is 13.5. The number of rotatable bonds is 5. The van der Waals surface area contributed by atoms with Crippen molar-refractivity contribution in [1.82, 2.24) is 9.55 Å². The van der Waals surface area contributed by atoms with Crippen molar-refractivity contribution >= 4 is 25.0 Å². The Kier molecular flexibility index (Phi) is 5.29. The molecule has 4 rings (SSSR count). The fourth-order valence-electron chi connectivity index (χ4n) is 3.93. The fourth-order valence-corrected chi connectivity index (χ4v) is 4.95. The van der Waals surface area contributed by atoms with Gasteiger partial charge < -0.3 is 23.2 Å². The Morgan fingerprint density at radius 1 is 1.26 bits per heavy atom. The van der Waals surface area contributed by atoms with E-state index in [0.29, 0.717) is 17.6 Å². The van der Waals surface area contributed by atoms with Crippen LogP contribution in [0.3, 0.4) is 0 Å². The molecule has 0 spiro atoms.